The number of amides is 1. The fourth-order valence-corrected chi connectivity index (χ4v) is 1.97. The van der Waals surface area contributed by atoms with Crippen molar-refractivity contribution in [2.75, 3.05) is 13.2 Å². The lowest BCUT2D eigenvalue weighted by Crippen LogP contribution is -2.54. The molecule has 1 saturated carbocycles. The van der Waals surface area contributed by atoms with Crippen molar-refractivity contribution in [3.8, 4) is 0 Å². The summed E-state index contributed by atoms with van der Waals surface area (Å²) < 4.78 is 4.76. The van der Waals surface area contributed by atoms with Gasteiger partial charge in [0, 0.05) is 0 Å². The van der Waals surface area contributed by atoms with Gasteiger partial charge in [0.1, 0.15) is 12.1 Å². The number of aliphatic carboxylic acids is 1. The summed E-state index contributed by atoms with van der Waals surface area (Å²) in [6, 6.07) is 0. The third-order valence-corrected chi connectivity index (χ3v) is 3.13. The summed E-state index contributed by atoms with van der Waals surface area (Å²) in [5.41, 5.74) is -1.06. The molecule has 5 heteroatoms. The molecule has 1 heterocycles. The number of hydrogen-bond donors (Lipinski definition) is 1. The summed E-state index contributed by atoms with van der Waals surface area (Å²) in [7, 11) is 0. The third-order valence-electron chi connectivity index (χ3n) is 3.13. The molecule has 1 aliphatic heterocycles. The maximum absolute atomic E-state index is 11.3. The van der Waals surface area contributed by atoms with E-state index in [1.54, 1.807) is 6.92 Å². The van der Waals surface area contributed by atoms with Gasteiger partial charge in [-0.25, -0.2) is 9.59 Å². The Morgan fingerprint density at radius 2 is 2.29 bits per heavy atom. The minimum Gasteiger partial charge on any atom is -0.479 e. The molecule has 0 aromatic carbocycles. The Balaban J connectivity index is 2.25. The maximum atomic E-state index is 11.3. The van der Waals surface area contributed by atoms with E-state index in [9.17, 15) is 14.7 Å². The SMILES string of the molecule is CC(C(=O)O)(C1CC1)N1CCOC1=O. The Morgan fingerprint density at radius 1 is 1.64 bits per heavy atom. The van der Waals surface area contributed by atoms with Gasteiger partial charge in [-0.2, -0.15) is 0 Å². The van der Waals surface area contributed by atoms with Gasteiger partial charge in [-0.05, 0) is 25.7 Å². The van der Waals surface area contributed by atoms with E-state index < -0.39 is 17.6 Å². The fourth-order valence-electron chi connectivity index (χ4n) is 1.97. The second-order valence-electron chi connectivity index (χ2n) is 3.99. The van der Waals surface area contributed by atoms with Crippen LogP contribution in [0.5, 0.6) is 0 Å². The van der Waals surface area contributed by atoms with Crippen molar-refractivity contribution in [1.82, 2.24) is 4.90 Å². The van der Waals surface area contributed by atoms with E-state index in [0.29, 0.717) is 13.2 Å². The first-order chi connectivity index (χ1) is 6.56. The van der Waals surface area contributed by atoms with Gasteiger partial charge >= 0.3 is 12.1 Å². The van der Waals surface area contributed by atoms with E-state index in [-0.39, 0.29) is 5.92 Å². The first-order valence-electron chi connectivity index (χ1n) is 4.74. The quantitative estimate of drug-likeness (QED) is 0.726. The Labute approximate surface area is 81.6 Å². The van der Waals surface area contributed by atoms with Crippen LogP contribution >= 0.6 is 0 Å². The number of carboxylic acid groups (broad SMARTS) is 1. The lowest BCUT2D eigenvalue weighted by Gasteiger charge is -2.32. The normalized spacial score (nSPS) is 25.8. The monoisotopic (exact) mass is 199 g/mol. The molecule has 1 saturated heterocycles. The van der Waals surface area contributed by atoms with Gasteiger partial charge in [0.05, 0.1) is 6.54 Å². The van der Waals surface area contributed by atoms with Crippen LogP contribution in [0, 0.1) is 5.92 Å². The molecular weight excluding hydrogens is 186 g/mol. The summed E-state index contributed by atoms with van der Waals surface area (Å²) in [5.74, 6) is -0.843. The lowest BCUT2D eigenvalue weighted by atomic mass is 9.94. The van der Waals surface area contributed by atoms with Gasteiger partial charge < -0.3 is 9.84 Å². The molecule has 1 aliphatic carbocycles. The first-order valence-corrected chi connectivity index (χ1v) is 4.74. The number of ether oxygens (including phenoxy) is 1. The zero-order chi connectivity index (χ0) is 10.3. The predicted octanol–water partition coefficient (Wildman–Crippen LogP) is 0.692. The molecule has 1 N–H and O–H groups in total. The van der Waals surface area contributed by atoms with E-state index >= 15 is 0 Å². The number of carbonyl (C=O) groups is 2. The van der Waals surface area contributed by atoms with Gasteiger partial charge in [0.2, 0.25) is 0 Å². The molecule has 1 unspecified atom stereocenters. The zero-order valence-corrected chi connectivity index (χ0v) is 8.02. The lowest BCUT2D eigenvalue weighted by molar-refractivity contribution is -0.149. The van der Waals surface area contributed by atoms with Crippen molar-refractivity contribution in [3.05, 3.63) is 0 Å². The molecule has 78 valence electrons. The van der Waals surface area contributed by atoms with Crippen molar-refractivity contribution in [3.63, 3.8) is 0 Å². The highest BCUT2D eigenvalue weighted by molar-refractivity contribution is 5.85. The van der Waals surface area contributed by atoms with Crippen LogP contribution in [0.25, 0.3) is 0 Å². The van der Waals surface area contributed by atoms with Crippen LogP contribution in [0.4, 0.5) is 4.79 Å². The van der Waals surface area contributed by atoms with Crippen LogP contribution in [0.2, 0.25) is 0 Å². The summed E-state index contributed by atoms with van der Waals surface area (Å²) in [6.07, 6.45) is 1.26. The Kier molecular flexibility index (Phi) is 1.90. The van der Waals surface area contributed by atoms with Crippen LogP contribution in [-0.2, 0) is 9.53 Å². The van der Waals surface area contributed by atoms with E-state index in [1.807, 2.05) is 0 Å². The highest BCUT2D eigenvalue weighted by Crippen LogP contribution is 2.44. The standard InChI is InChI=1S/C9H13NO4/c1-9(7(11)12,6-2-3-6)10-4-5-14-8(10)13/h6H,2-5H2,1H3,(H,11,12). The third kappa shape index (κ3) is 1.15. The van der Waals surface area contributed by atoms with Crippen molar-refractivity contribution in [2.45, 2.75) is 25.3 Å². The molecule has 2 aliphatic rings. The minimum absolute atomic E-state index is 0.0886. The predicted molar refractivity (Wildman–Crippen MR) is 46.8 cm³/mol. The number of rotatable bonds is 3. The average molecular weight is 199 g/mol. The van der Waals surface area contributed by atoms with E-state index in [4.69, 9.17) is 4.74 Å². The van der Waals surface area contributed by atoms with Gasteiger partial charge in [0.25, 0.3) is 0 Å². The smallest absolute Gasteiger partial charge is 0.410 e. The largest absolute Gasteiger partial charge is 0.479 e. The summed E-state index contributed by atoms with van der Waals surface area (Å²) >= 11 is 0. The molecule has 1 atom stereocenters. The van der Waals surface area contributed by atoms with Crippen LogP contribution in [0.1, 0.15) is 19.8 Å². The molecule has 1 amide bonds. The Bertz CT molecular complexity index is 287. The van der Waals surface area contributed by atoms with Gasteiger partial charge in [0.15, 0.2) is 0 Å². The van der Waals surface area contributed by atoms with Gasteiger partial charge in [-0.1, -0.05) is 0 Å². The molecule has 0 aromatic heterocycles. The van der Waals surface area contributed by atoms with Gasteiger partial charge in [-0.3, -0.25) is 4.90 Å². The van der Waals surface area contributed by atoms with Crippen molar-refractivity contribution in [2.24, 2.45) is 5.92 Å². The van der Waals surface area contributed by atoms with Crippen LogP contribution < -0.4 is 0 Å². The van der Waals surface area contributed by atoms with Crippen LogP contribution in [0.3, 0.4) is 0 Å². The number of cyclic esters (lactones) is 1. The highest BCUT2D eigenvalue weighted by atomic mass is 16.6. The molecule has 0 spiro atoms. The number of carbonyl (C=O) groups excluding carboxylic acids is 1. The van der Waals surface area contributed by atoms with E-state index in [0.717, 1.165) is 12.8 Å². The van der Waals surface area contributed by atoms with E-state index in [2.05, 4.69) is 0 Å². The number of carboxylic acids is 1. The Hall–Kier alpha value is -1.26. The molecule has 14 heavy (non-hydrogen) atoms. The van der Waals surface area contributed by atoms with Crippen LogP contribution in [0.15, 0.2) is 0 Å². The summed E-state index contributed by atoms with van der Waals surface area (Å²) in [4.78, 5) is 23.8. The topological polar surface area (TPSA) is 66.8 Å². The second kappa shape index (κ2) is 2.87. The minimum atomic E-state index is -1.06. The summed E-state index contributed by atoms with van der Waals surface area (Å²) in [6.45, 7) is 2.30. The number of hydrogen-bond acceptors (Lipinski definition) is 3. The molecule has 0 aromatic rings. The van der Waals surface area contributed by atoms with Crippen molar-refractivity contribution >= 4 is 12.1 Å². The molecule has 5 nitrogen and oxygen atoms in total. The zero-order valence-electron chi connectivity index (χ0n) is 8.02. The molecule has 0 radical (unpaired) electrons. The first kappa shape index (κ1) is 9.30. The molecular formula is C9H13NO4. The van der Waals surface area contributed by atoms with Crippen molar-refractivity contribution in [1.29, 1.82) is 0 Å². The molecule has 0 bridgehead atoms. The van der Waals surface area contributed by atoms with E-state index in [1.165, 1.54) is 4.90 Å². The van der Waals surface area contributed by atoms with Crippen molar-refractivity contribution < 1.29 is 19.4 Å². The molecule has 2 fully saturated rings. The fraction of sp³-hybridized carbons (Fsp3) is 0.778. The van der Waals surface area contributed by atoms with Gasteiger partial charge in [-0.15, -0.1) is 0 Å². The van der Waals surface area contributed by atoms with Crippen LogP contribution in [-0.4, -0.2) is 40.8 Å². The second-order valence-corrected chi connectivity index (χ2v) is 3.99. The average Bonchev–Trinajstić information content (AvgIpc) is 2.88. The maximum Gasteiger partial charge on any atom is 0.410 e. The summed E-state index contributed by atoms with van der Waals surface area (Å²) in [5, 5.41) is 9.17. The molecule has 2 rings (SSSR count). The Morgan fingerprint density at radius 3 is 2.64 bits per heavy atom. The number of nitrogens with zero attached hydrogens (tertiary/aromatic N) is 1. The highest BCUT2D eigenvalue weighted by Gasteiger charge is 2.54.